The lowest BCUT2D eigenvalue weighted by molar-refractivity contribution is -0.138. The zero-order chi connectivity index (χ0) is 17.9. The van der Waals surface area contributed by atoms with E-state index in [2.05, 4.69) is 25.7 Å². The average Bonchev–Trinajstić information content (AvgIpc) is 3.09. The fourth-order valence-corrected chi connectivity index (χ4v) is 6.40. The zero-order valence-electron chi connectivity index (χ0n) is 15.8. The Morgan fingerprint density at radius 3 is 2.48 bits per heavy atom. The predicted molar refractivity (Wildman–Crippen MR) is 97.8 cm³/mol. The van der Waals surface area contributed by atoms with Crippen LogP contribution < -0.4 is 0 Å². The summed E-state index contributed by atoms with van der Waals surface area (Å²) in [5.41, 5.74) is 0.497. The molecular formula is C22H30FNO. The van der Waals surface area contributed by atoms with Crippen molar-refractivity contribution in [1.82, 2.24) is 4.90 Å². The first-order valence-electron chi connectivity index (χ1n) is 9.81. The van der Waals surface area contributed by atoms with Gasteiger partial charge in [-0.1, -0.05) is 51.8 Å². The van der Waals surface area contributed by atoms with Gasteiger partial charge in [0.1, 0.15) is 5.82 Å². The number of carbonyl (C=O) groups is 1. The van der Waals surface area contributed by atoms with Crippen LogP contribution in [0.2, 0.25) is 0 Å². The number of nitrogens with zero attached hydrogens (tertiary/aromatic N) is 1. The molecule has 2 nitrogen and oxygen atoms in total. The van der Waals surface area contributed by atoms with Gasteiger partial charge in [-0.25, -0.2) is 4.39 Å². The summed E-state index contributed by atoms with van der Waals surface area (Å²) >= 11 is 0. The summed E-state index contributed by atoms with van der Waals surface area (Å²) in [6.45, 7) is 7.83. The maximum Gasteiger partial charge on any atom is 0.233 e. The van der Waals surface area contributed by atoms with E-state index in [0.29, 0.717) is 11.6 Å². The number of rotatable bonds is 2. The van der Waals surface area contributed by atoms with E-state index in [9.17, 15) is 9.18 Å². The Kier molecular flexibility index (Phi) is 3.79. The van der Waals surface area contributed by atoms with Gasteiger partial charge in [0.25, 0.3) is 0 Å². The number of benzene rings is 1. The topological polar surface area (TPSA) is 20.3 Å². The Hall–Kier alpha value is -1.38. The molecule has 0 radical (unpaired) electrons. The minimum absolute atomic E-state index is 0.196. The van der Waals surface area contributed by atoms with E-state index in [-0.39, 0.29) is 22.6 Å². The summed E-state index contributed by atoms with van der Waals surface area (Å²) in [6, 6.07) is 7.27. The van der Waals surface area contributed by atoms with Crippen molar-refractivity contribution in [3.8, 4) is 0 Å². The number of amides is 1. The maximum atomic E-state index is 14.6. The van der Waals surface area contributed by atoms with Crippen molar-refractivity contribution in [1.29, 1.82) is 0 Å². The Morgan fingerprint density at radius 1 is 1.12 bits per heavy atom. The quantitative estimate of drug-likeness (QED) is 0.734. The van der Waals surface area contributed by atoms with Crippen molar-refractivity contribution in [3.05, 3.63) is 35.6 Å². The van der Waals surface area contributed by atoms with Gasteiger partial charge >= 0.3 is 0 Å². The lowest BCUT2D eigenvalue weighted by Crippen LogP contribution is -2.48. The molecule has 2 bridgehead atoms. The van der Waals surface area contributed by atoms with Crippen LogP contribution in [-0.2, 0) is 10.2 Å². The second-order valence-corrected chi connectivity index (χ2v) is 9.92. The molecule has 2 aliphatic carbocycles. The molecule has 0 aromatic heterocycles. The molecule has 25 heavy (non-hydrogen) atoms. The fourth-order valence-electron chi connectivity index (χ4n) is 6.40. The summed E-state index contributed by atoms with van der Waals surface area (Å²) in [5.74, 6) is -0.0204. The van der Waals surface area contributed by atoms with Crippen molar-refractivity contribution in [2.45, 2.75) is 77.2 Å². The first-order valence-corrected chi connectivity index (χ1v) is 9.81. The molecule has 1 heterocycles. The van der Waals surface area contributed by atoms with Crippen LogP contribution >= 0.6 is 0 Å². The number of hydrogen-bond acceptors (Lipinski definition) is 1. The van der Waals surface area contributed by atoms with Gasteiger partial charge in [0.2, 0.25) is 5.91 Å². The minimum atomic E-state index is -0.636. The van der Waals surface area contributed by atoms with Gasteiger partial charge in [0.05, 0.1) is 5.41 Å². The van der Waals surface area contributed by atoms with Crippen LogP contribution in [0.4, 0.5) is 4.39 Å². The zero-order valence-corrected chi connectivity index (χ0v) is 15.8. The first-order chi connectivity index (χ1) is 11.7. The van der Waals surface area contributed by atoms with E-state index in [1.807, 2.05) is 12.1 Å². The molecule has 0 spiro atoms. The van der Waals surface area contributed by atoms with Gasteiger partial charge in [0.15, 0.2) is 0 Å². The summed E-state index contributed by atoms with van der Waals surface area (Å²) < 4.78 is 14.6. The van der Waals surface area contributed by atoms with E-state index in [1.165, 1.54) is 12.5 Å². The third-order valence-corrected chi connectivity index (χ3v) is 6.93. The number of carbonyl (C=O) groups excluding carboxylic acids is 1. The highest BCUT2D eigenvalue weighted by atomic mass is 19.1. The molecule has 3 fully saturated rings. The third-order valence-electron chi connectivity index (χ3n) is 6.93. The molecule has 1 amide bonds. The van der Waals surface area contributed by atoms with Crippen LogP contribution in [0.25, 0.3) is 0 Å². The van der Waals surface area contributed by atoms with Crippen LogP contribution in [0, 0.1) is 16.6 Å². The van der Waals surface area contributed by atoms with Crippen LogP contribution in [0.5, 0.6) is 0 Å². The molecule has 1 aromatic rings. The van der Waals surface area contributed by atoms with Crippen LogP contribution in [0.3, 0.4) is 0 Å². The lowest BCUT2D eigenvalue weighted by Gasteiger charge is -2.40. The normalized spacial score (nSPS) is 32.8. The van der Waals surface area contributed by atoms with E-state index in [4.69, 9.17) is 0 Å². The molecule has 1 aliphatic heterocycles. The largest absolute Gasteiger partial charge is 0.338 e. The van der Waals surface area contributed by atoms with Gasteiger partial charge in [-0.15, -0.1) is 0 Å². The smallest absolute Gasteiger partial charge is 0.233 e. The molecule has 2 saturated carbocycles. The Labute approximate surface area is 150 Å². The standard InChI is InChI=1S/C22H30FNO/c1-20(2)12-16-13-21(3,14-20)15-24(16)19(25)22(10-6-7-11-22)17-8-4-5-9-18(17)23/h4-5,8-9,16H,6-7,10-15H2,1-3H3. The molecule has 2 atom stereocenters. The average molecular weight is 343 g/mol. The molecule has 3 aliphatic rings. The predicted octanol–water partition coefficient (Wildman–Crippen LogP) is 5.06. The monoisotopic (exact) mass is 343 g/mol. The summed E-state index contributed by atoms with van der Waals surface area (Å²) in [7, 11) is 0. The molecule has 2 unspecified atom stereocenters. The van der Waals surface area contributed by atoms with Crippen molar-refractivity contribution < 1.29 is 9.18 Å². The Morgan fingerprint density at radius 2 is 1.80 bits per heavy atom. The molecule has 1 saturated heterocycles. The van der Waals surface area contributed by atoms with E-state index >= 15 is 0 Å². The molecular weight excluding hydrogens is 313 g/mol. The fraction of sp³-hybridized carbons (Fsp3) is 0.682. The first kappa shape index (κ1) is 17.1. The Balaban J connectivity index is 1.71. The van der Waals surface area contributed by atoms with Crippen molar-refractivity contribution in [2.75, 3.05) is 6.54 Å². The van der Waals surface area contributed by atoms with E-state index < -0.39 is 5.41 Å². The van der Waals surface area contributed by atoms with Gasteiger partial charge in [-0.2, -0.15) is 0 Å². The summed E-state index contributed by atoms with van der Waals surface area (Å²) in [4.78, 5) is 15.9. The highest BCUT2D eigenvalue weighted by Crippen LogP contribution is 2.54. The second-order valence-electron chi connectivity index (χ2n) is 9.92. The maximum absolute atomic E-state index is 14.6. The van der Waals surface area contributed by atoms with Crippen molar-refractivity contribution in [3.63, 3.8) is 0 Å². The van der Waals surface area contributed by atoms with Crippen molar-refractivity contribution >= 4 is 5.91 Å². The van der Waals surface area contributed by atoms with Gasteiger partial charge < -0.3 is 4.90 Å². The molecule has 0 N–H and O–H groups in total. The van der Waals surface area contributed by atoms with Crippen LogP contribution in [-0.4, -0.2) is 23.4 Å². The van der Waals surface area contributed by atoms with Crippen molar-refractivity contribution in [2.24, 2.45) is 10.8 Å². The van der Waals surface area contributed by atoms with Crippen LogP contribution in [0.1, 0.15) is 71.3 Å². The van der Waals surface area contributed by atoms with Gasteiger partial charge in [-0.3, -0.25) is 4.79 Å². The molecule has 136 valence electrons. The molecule has 4 rings (SSSR count). The Bertz CT molecular complexity index is 691. The number of halogens is 1. The van der Waals surface area contributed by atoms with E-state index in [1.54, 1.807) is 6.07 Å². The number of hydrogen-bond donors (Lipinski definition) is 0. The number of likely N-dealkylation sites (tertiary alicyclic amines) is 1. The van der Waals surface area contributed by atoms with Gasteiger partial charge in [0, 0.05) is 18.2 Å². The third kappa shape index (κ3) is 2.71. The van der Waals surface area contributed by atoms with Gasteiger partial charge in [-0.05, 0) is 49.0 Å². The molecule has 1 aromatic carbocycles. The highest BCUT2D eigenvalue weighted by Gasteiger charge is 2.55. The summed E-state index contributed by atoms with van der Waals surface area (Å²) in [6.07, 6.45) is 6.96. The highest BCUT2D eigenvalue weighted by molar-refractivity contribution is 5.89. The number of fused-ring (bicyclic) bond motifs is 2. The lowest BCUT2D eigenvalue weighted by atomic mass is 9.65. The SMILES string of the molecule is CC1(C)CC2CC(C)(CN2C(=O)C2(c3ccccc3F)CCCC2)C1. The van der Waals surface area contributed by atoms with E-state index in [0.717, 1.165) is 45.1 Å². The van der Waals surface area contributed by atoms with Crippen LogP contribution in [0.15, 0.2) is 24.3 Å². The summed E-state index contributed by atoms with van der Waals surface area (Å²) in [5, 5.41) is 0. The molecule has 3 heteroatoms. The second kappa shape index (κ2) is 5.56. The minimum Gasteiger partial charge on any atom is -0.338 e.